The summed E-state index contributed by atoms with van der Waals surface area (Å²) in [6.07, 6.45) is 1.58. The predicted molar refractivity (Wildman–Crippen MR) is 70.6 cm³/mol. The molecule has 0 aliphatic carbocycles. The summed E-state index contributed by atoms with van der Waals surface area (Å²) < 4.78 is 0. The largest absolute Gasteiger partial charge is 0.357 e. The fraction of sp³-hybridized carbons (Fsp3) is 0.462. The van der Waals surface area contributed by atoms with E-state index in [-0.39, 0.29) is 11.8 Å². The van der Waals surface area contributed by atoms with Gasteiger partial charge >= 0.3 is 0 Å². The molecule has 1 aliphatic rings. The van der Waals surface area contributed by atoms with Crippen molar-refractivity contribution in [2.24, 2.45) is 0 Å². The molecule has 2 rings (SSSR count). The molecule has 1 fully saturated rings. The molecular weight excluding hydrogens is 244 g/mol. The minimum absolute atomic E-state index is 0.143. The maximum absolute atomic E-state index is 12.4. The van der Waals surface area contributed by atoms with Crippen molar-refractivity contribution in [2.45, 2.75) is 6.04 Å². The minimum atomic E-state index is -0.460. The summed E-state index contributed by atoms with van der Waals surface area (Å²) in [5, 5.41) is 2.61. The van der Waals surface area contributed by atoms with Crippen LogP contribution in [0.2, 0.25) is 0 Å². The average Bonchev–Trinajstić information content (AvgIpc) is 2.46. The first kappa shape index (κ1) is 13.5. The molecule has 0 spiro atoms. The van der Waals surface area contributed by atoms with Gasteiger partial charge in [0.05, 0.1) is 0 Å². The van der Waals surface area contributed by atoms with E-state index < -0.39 is 6.04 Å². The van der Waals surface area contributed by atoms with Gasteiger partial charge in [-0.1, -0.05) is 6.07 Å². The Balaban J connectivity index is 2.21. The highest BCUT2D eigenvalue weighted by atomic mass is 16.2. The van der Waals surface area contributed by atoms with Crippen molar-refractivity contribution < 1.29 is 9.59 Å². The number of carbonyl (C=O) groups is 2. The van der Waals surface area contributed by atoms with Crippen LogP contribution in [0.5, 0.6) is 0 Å². The van der Waals surface area contributed by atoms with Crippen molar-refractivity contribution in [1.29, 1.82) is 0 Å². The zero-order valence-corrected chi connectivity index (χ0v) is 11.2. The number of carbonyl (C=O) groups excluding carboxylic acids is 2. The van der Waals surface area contributed by atoms with Crippen molar-refractivity contribution in [3.63, 3.8) is 0 Å². The summed E-state index contributed by atoms with van der Waals surface area (Å²) in [5.74, 6) is -0.335. The van der Waals surface area contributed by atoms with Crippen molar-refractivity contribution >= 4 is 11.8 Å². The summed E-state index contributed by atoms with van der Waals surface area (Å²) in [7, 11) is 3.53. The number of nitrogens with one attached hydrogen (secondary N) is 1. The molecule has 6 heteroatoms. The molecule has 1 aromatic rings. The van der Waals surface area contributed by atoms with Crippen molar-refractivity contribution in [3.8, 4) is 0 Å². The molecule has 1 aromatic heterocycles. The summed E-state index contributed by atoms with van der Waals surface area (Å²) in [4.78, 5) is 32.0. The van der Waals surface area contributed by atoms with E-state index in [0.717, 1.165) is 6.54 Å². The van der Waals surface area contributed by atoms with Crippen molar-refractivity contribution in [1.82, 2.24) is 20.1 Å². The van der Waals surface area contributed by atoms with Crippen LogP contribution in [0.4, 0.5) is 0 Å². The topological polar surface area (TPSA) is 65.5 Å². The van der Waals surface area contributed by atoms with Crippen LogP contribution in [0.25, 0.3) is 0 Å². The first-order valence-electron chi connectivity index (χ1n) is 6.25. The maximum atomic E-state index is 12.4. The lowest BCUT2D eigenvalue weighted by atomic mass is 10.1. The molecule has 0 radical (unpaired) electrons. The summed E-state index contributed by atoms with van der Waals surface area (Å²) in [6, 6.07) is 4.74. The van der Waals surface area contributed by atoms with Gasteiger partial charge in [-0.2, -0.15) is 0 Å². The number of piperazine rings is 1. The first-order chi connectivity index (χ1) is 9.13. The van der Waals surface area contributed by atoms with Gasteiger partial charge < -0.3 is 15.1 Å². The standard InChI is InChI=1S/C13H18N4O2/c1-14-12(18)11-9-16(2)7-8-17(11)13(19)10-5-3-4-6-15-10/h3-6,11H,7-9H2,1-2H3,(H,14,18)/t11-/m1/s1. The van der Waals surface area contributed by atoms with E-state index in [1.807, 2.05) is 11.9 Å². The zero-order chi connectivity index (χ0) is 13.8. The van der Waals surface area contributed by atoms with Crippen LogP contribution < -0.4 is 5.32 Å². The number of pyridine rings is 1. The monoisotopic (exact) mass is 262 g/mol. The third-order valence-corrected chi connectivity index (χ3v) is 3.28. The van der Waals surface area contributed by atoms with Crippen LogP contribution in [0.15, 0.2) is 24.4 Å². The van der Waals surface area contributed by atoms with Gasteiger partial charge in [0, 0.05) is 32.9 Å². The Hall–Kier alpha value is -1.95. The fourth-order valence-electron chi connectivity index (χ4n) is 2.19. The highest BCUT2D eigenvalue weighted by molar-refractivity contribution is 5.96. The van der Waals surface area contributed by atoms with Gasteiger partial charge in [-0.25, -0.2) is 0 Å². The van der Waals surface area contributed by atoms with Gasteiger partial charge in [0.1, 0.15) is 11.7 Å². The van der Waals surface area contributed by atoms with Gasteiger partial charge in [-0.3, -0.25) is 14.6 Å². The van der Waals surface area contributed by atoms with E-state index in [0.29, 0.717) is 18.8 Å². The Bertz CT molecular complexity index is 463. The van der Waals surface area contributed by atoms with E-state index in [4.69, 9.17) is 0 Å². The number of hydrogen-bond acceptors (Lipinski definition) is 4. The highest BCUT2D eigenvalue weighted by Crippen LogP contribution is 2.12. The molecule has 19 heavy (non-hydrogen) atoms. The molecule has 2 amide bonds. The van der Waals surface area contributed by atoms with E-state index >= 15 is 0 Å². The van der Waals surface area contributed by atoms with Gasteiger partial charge in [-0.15, -0.1) is 0 Å². The molecule has 0 unspecified atom stereocenters. The van der Waals surface area contributed by atoms with Crippen LogP contribution in [0.3, 0.4) is 0 Å². The van der Waals surface area contributed by atoms with Gasteiger partial charge in [0.15, 0.2) is 0 Å². The number of hydrogen-bond donors (Lipinski definition) is 1. The van der Waals surface area contributed by atoms with Crippen LogP contribution in [-0.2, 0) is 4.79 Å². The number of amides is 2. The Morgan fingerprint density at radius 2 is 2.16 bits per heavy atom. The van der Waals surface area contributed by atoms with Crippen LogP contribution in [0, 0.1) is 0 Å². The predicted octanol–water partition coefficient (Wildman–Crippen LogP) is -0.416. The second kappa shape index (κ2) is 5.79. The van der Waals surface area contributed by atoms with Crippen LogP contribution in [-0.4, -0.2) is 66.4 Å². The normalized spacial score (nSPS) is 20.1. The number of likely N-dealkylation sites (N-methyl/N-ethyl adjacent to an activating group) is 2. The Kier molecular flexibility index (Phi) is 4.11. The Morgan fingerprint density at radius 1 is 1.37 bits per heavy atom. The smallest absolute Gasteiger partial charge is 0.273 e. The van der Waals surface area contributed by atoms with Crippen LogP contribution in [0.1, 0.15) is 10.5 Å². The van der Waals surface area contributed by atoms with E-state index in [1.165, 1.54) is 0 Å². The lowest BCUT2D eigenvalue weighted by Gasteiger charge is -2.38. The van der Waals surface area contributed by atoms with Crippen molar-refractivity contribution in [3.05, 3.63) is 30.1 Å². The highest BCUT2D eigenvalue weighted by Gasteiger charge is 2.34. The Labute approximate surface area is 112 Å². The molecule has 1 atom stereocenters. The molecule has 1 saturated heterocycles. The molecule has 6 nitrogen and oxygen atoms in total. The average molecular weight is 262 g/mol. The molecule has 0 saturated carbocycles. The lowest BCUT2D eigenvalue weighted by Crippen LogP contribution is -2.59. The second-order valence-corrected chi connectivity index (χ2v) is 4.61. The molecular formula is C13H18N4O2. The molecule has 1 N–H and O–H groups in total. The third-order valence-electron chi connectivity index (χ3n) is 3.28. The zero-order valence-electron chi connectivity index (χ0n) is 11.2. The van der Waals surface area contributed by atoms with Gasteiger partial charge in [-0.05, 0) is 19.2 Å². The Morgan fingerprint density at radius 3 is 2.79 bits per heavy atom. The minimum Gasteiger partial charge on any atom is -0.357 e. The van der Waals surface area contributed by atoms with E-state index in [2.05, 4.69) is 10.3 Å². The van der Waals surface area contributed by atoms with Gasteiger partial charge in [0.2, 0.25) is 5.91 Å². The SMILES string of the molecule is CNC(=O)[C@H]1CN(C)CCN1C(=O)c1ccccn1. The molecule has 1 aliphatic heterocycles. The van der Waals surface area contributed by atoms with E-state index in [9.17, 15) is 9.59 Å². The number of aromatic nitrogens is 1. The maximum Gasteiger partial charge on any atom is 0.273 e. The second-order valence-electron chi connectivity index (χ2n) is 4.61. The summed E-state index contributed by atoms with van der Waals surface area (Å²) >= 11 is 0. The molecule has 102 valence electrons. The van der Waals surface area contributed by atoms with Crippen LogP contribution >= 0.6 is 0 Å². The quantitative estimate of drug-likeness (QED) is 0.786. The van der Waals surface area contributed by atoms with Crippen molar-refractivity contribution in [2.75, 3.05) is 33.7 Å². The van der Waals surface area contributed by atoms with E-state index in [1.54, 1.807) is 36.3 Å². The fourth-order valence-corrected chi connectivity index (χ4v) is 2.19. The summed E-state index contributed by atoms with van der Waals surface area (Å²) in [6.45, 7) is 1.83. The third kappa shape index (κ3) is 2.90. The molecule has 2 heterocycles. The number of rotatable bonds is 2. The van der Waals surface area contributed by atoms with Gasteiger partial charge in [0.25, 0.3) is 5.91 Å². The molecule has 0 aromatic carbocycles. The summed E-state index contributed by atoms with van der Waals surface area (Å²) in [5.41, 5.74) is 0.376. The number of nitrogens with zero attached hydrogens (tertiary/aromatic N) is 3. The first-order valence-corrected chi connectivity index (χ1v) is 6.25. The molecule has 0 bridgehead atoms. The lowest BCUT2D eigenvalue weighted by molar-refractivity contribution is -0.126.